The monoisotopic (exact) mass is 235 g/mol. The van der Waals surface area contributed by atoms with Crippen molar-refractivity contribution in [3.05, 3.63) is 39.8 Å². The summed E-state index contributed by atoms with van der Waals surface area (Å²) in [6.07, 6.45) is 0. The van der Waals surface area contributed by atoms with Gasteiger partial charge in [-0.15, -0.1) is 0 Å². The van der Waals surface area contributed by atoms with Crippen LogP contribution in [0.1, 0.15) is 20.7 Å². The number of phenolic OH excluding ortho intramolecular Hbond substituents is 1. The third-order valence-corrected chi connectivity index (χ3v) is 2.00. The SMILES string of the molecule is COC(=O)c1cc(C(=O)CN=[N+]=[N-])ccc1O. The van der Waals surface area contributed by atoms with Gasteiger partial charge in [-0.3, -0.25) is 4.79 Å². The minimum Gasteiger partial charge on any atom is -0.507 e. The molecule has 7 nitrogen and oxygen atoms in total. The van der Waals surface area contributed by atoms with Gasteiger partial charge in [-0.2, -0.15) is 0 Å². The molecule has 0 radical (unpaired) electrons. The highest BCUT2D eigenvalue weighted by atomic mass is 16.5. The van der Waals surface area contributed by atoms with E-state index in [1.807, 2.05) is 0 Å². The van der Waals surface area contributed by atoms with E-state index in [0.717, 1.165) is 7.11 Å². The van der Waals surface area contributed by atoms with E-state index in [1.54, 1.807) is 0 Å². The minimum atomic E-state index is -0.749. The van der Waals surface area contributed by atoms with Crippen LogP contribution in [0.25, 0.3) is 10.4 Å². The molecule has 0 spiro atoms. The van der Waals surface area contributed by atoms with Gasteiger partial charge in [0.2, 0.25) is 0 Å². The Hall–Kier alpha value is -2.53. The van der Waals surface area contributed by atoms with Crippen LogP contribution in [0.4, 0.5) is 0 Å². The first kappa shape index (κ1) is 12.5. The highest BCUT2D eigenvalue weighted by Crippen LogP contribution is 2.19. The van der Waals surface area contributed by atoms with Crippen LogP contribution in [-0.4, -0.2) is 30.5 Å². The standard InChI is InChI=1S/C10H9N3O4/c1-17-10(16)7-4-6(2-3-8(7)14)9(15)5-12-13-11/h2-4,14H,5H2,1H3. The molecule has 0 aliphatic carbocycles. The zero-order valence-corrected chi connectivity index (χ0v) is 8.95. The number of azide groups is 1. The van der Waals surface area contributed by atoms with E-state index in [4.69, 9.17) is 5.53 Å². The quantitative estimate of drug-likeness (QED) is 0.281. The number of carbonyl (C=O) groups is 2. The van der Waals surface area contributed by atoms with Crippen LogP contribution < -0.4 is 0 Å². The van der Waals surface area contributed by atoms with Crippen molar-refractivity contribution in [2.45, 2.75) is 0 Å². The van der Waals surface area contributed by atoms with Gasteiger partial charge < -0.3 is 9.84 Å². The van der Waals surface area contributed by atoms with Gasteiger partial charge in [0.1, 0.15) is 11.3 Å². The summed E-state index contributed by atoms with van der Waals surface area (Å²) in [5, 5.41) is 12.5. The average Bonchev–Trinajstić information content (AvgIpc) is 2.35. The lowest BCUT2D eigenvalue weighted by atomic mass is 10.1. The predicted molar refractivity (Wildman–Crippen MR) is 57.8 cm³/mol. The summed E-state index contributed by atoms with van der Waals surface area (Å²) in [5.41, 5.74) is 8.13. The summed E-state index contributed by atoms with van der Waals surface area (Å²) in [4.78, 5) is 25.2. The van der Waals surface area contributed by atoms with Gasteiger partial charge in [-0.05, 0) is 23.7 Å². The largest absolute Gasteiger partial charge is 0.507 e. The van der Waals surface area contributed by atoms with Gasteiger partial charge in [-0.25, -0.2) is 4.79 Å². The fourth-order valence-electron chi connectivity index (χ4n) is 1.17. The predicted octanol–water partition coefficient (Wildman–Crippen LogP) is 1.67. The highest BCUT2D eigenvalue weighted by molar-refractivity contribution is 6.01. The number of rotatable bonds is 4. The van der Waals surface area contributed by atoms with Gasteiger partial charge in [0.05, 0.1) is 13.7 Å². The van der Waals surface area contributed by atoms with E-state index in [2.05, 4.69) is 14.8 Å². The van der Waals surface area contributed by atoms with E-state index in [1.165, 1.54) is 18.2 Å². The second kappa shape index (κ2) is 5.53. The van der Waals surface area contributed by atoms with Crippen molar-refractivity contribution in [3.63, 3.8) is 0 Å². The summed E-state index contributed by atoms with van der Waals surface area (Å²) in [6.45, 7) is -0.345. The molecule has 88 valence electrons. The number of hydrogen-bond donors (Lipinski definition) is 1. The average molecular weight is 235 g/mol. The highest BCUT2D eigenvalue weighted by Gasteiger charge is 2.14. The molecule has 17 heavy (non-hydrogen) atoms. The topological polar surface area (TPSA) is 112 Å². The van der Waals surface area contributed by atoms with E-state index in [-0.39, 0.29) is 23.4 Å². The van der Waals surface area contributed by atoms with E-state index in [9.17, 15) is 14.7 Å². The lowest BCUT2D eigenvalue weighted by molar-refractivity contribution is 0.0597. The maximum atomic E-state index is 11.5. The summed E-state index contributed by atoms with van der Waals surface area (Å²) >= 11 is 0. The maximum Gasteiger partial charge on any atom is 0.341 e. The molecule has 0 heterocycles. The van der Waals surface area contributed by atoms with Gasteiger partial charge >= 0.3 is 5.97 Å². The van der Waals surface area contributed by atoms with Crippen molar-refractivity contribution in [1.29, 1.82) is 0 Å². The molecule has 0 saturated heterocycles. The normalized spacial score (nSPS) is 9.24. The number of carbonyl (C=O) groups excluding carboxylic acids is 2. The Kier molecular flexibility index (Phi) is 4.08. The summed E-state index contributed by atoms with van der Waals surface area (Å²) in [6, 6.07) is 3.73. The van der Waals surface area contributed by atoms with E-state index >= 15 is 0 Å². The molecule has 1 aromatic rings. The van der Waals surface area contributed by atoms with Gasteiger partial charge in [0.25, 0.3) is 0 Å². The molecule has 0 saturated carbocycles. The van der Waals surface area contributed by atoms with Crippen LogP contribution in [0.2, 0.25) is 0 Å². The lowest BCUT2D eigenvalue weighted by Gasteiger charge is -2.04. The number of benzene rings is 1. The van der Waals surface area contributed by atoms with Crippen LogP contribution >= 0.6 is 0 Å². The molecule has 1 N–H and O–H groups in total. The summed E-state index contributed by atoms with van der Waals surface area (Å²) in [7, 11) is 1.16. The molecule has 0 atom stereocenters. The van der Waals surface area contributed by atoms with Crippen molar-refractivity contribution < 1.29 is 19.4 Å². The fraction of sp³-hybridized carbons (Fsp3) is 0.200. The minimum absolute atomic E-state index is 0.112. The summed E-state index contributed by atoms with van der Waals surface area (Å²) < 4.78 is 4.44. The molecule has 0 aliphatic rings. The van der Waals surface area contributed by atoms with Crippen molar-refractivity contribution in [2.75, 3.05) is 13.7 Å². The number of esters is 1. The zero-order chi connectivity index (χ0) is 12.8. The fourth-order valence-corrected chi connectivity index (χ4v) is 1.17. The molecule has 0 aromatic heterocycles. The third kappa shape index (κ3) is 2.96. The van der Waals surface area contributed by atoms with Crippen LogP contribution in [0.3, 0.4) is 0 Å². The Labute approximate surface area is 96.3 Å². The molecule has 0 bridgehead atoms. The Bertz CT molecular complexity index is 506. The molecular formula is C10H9N3O4. The summed E-state index contributed by atoms with van der Waals surface area (Å²) in [5.74, 6) is -1.48. The molecular weight excluding hydrogens is 226 g/mol. The Morgan fingerprint density at radius 2 is 2.24 bits per heavy atom. The maximum absolute atomic E-state index is 11.5. The first-order valence-corrected chi connectivity index (χ1v) is 4.55. The van der Waals surface area contributed by atoms with Crippen LogP contribution in [0, 0.1) is 0 Å². The number of nitrogens with zero attached hydrogens (tertiary/aromatic N) is 3. The van der Waals surface area contributed by atoms with Crippen LogP contribution in [0.5, 0.6) is 5.75 Å². The number of methoxy groups -OCH3 is 1. The second-order valence-corrected chi connectivity index (χ2v) is 3.04. The molecule has 0 fully saturated rings. The van der Waals surface area contributed by atoms with Crippen molar-refractivity contribution in [2.24, 2.45) is 5.11 Å². The molecule has 7 heteroatoms. The first-order valence-electron chi connectivity index (χ1n) is 4.55. The Balaban J connectivity index is 3.07. The zero-order valence-electron chi connectivity index (χ0n) is 8.95. The second-order valence-electron chi connectivity index (χ2n) is 3.04. The molecule has 0 amide bonds. The number of aromatic hydroxyl groups is 1. The molecule has 0 aliphatic heterocycles. The number of hydrogen-bond acceptors (Lipinski definition) is 5. The van der Waals surface area contributed by atoms with Gasteiger partial charge in [0, 0.05) is 10.5 Å². The smallest absolute Gasteiger partial charge is 0.341 e. The van der Waals surface area contributed by atoms with Gasteiger partial charge in [0.15, 0.2) is 5.78 Å². The Morgan fingerprint density at radius 3 is 2.82 bits per heavy atom. The number of ether oxygens (including phenoxy) is 1. The van der Waals surface area contributed by atoms with Crippen molar-refractivity contribution in [1.82, 2.24) is 0 Å². The Morgan fingerprint density at radius 1 is 1.53 bits per heavy atom. The van der Waals surface area contributed by atoms with Crippen molar-refractivity contribution in [3.8, 4) is 5.75 Å². The third-order valence-electron chi connectivity index (χ3n) is 2.00. The van der Waals surface area contributed by atoms with E-state index < -0.39 is 11.8 Å². The van der Waals surface area contributed by atoms with Crippen LogP contribution in [-0.2, 0) is 4.74 Å². The number of phenols is 1. The van der Waals surface area contributed by atoms with Gasteiger partial charge in [-0.1, -0.05) is 5.11 Å². The number of ketones is 1. The molecule has 1 aromatic carbocycles. The lowest BCUT2D eigenvalue weighted by Crippen LogP contribution is -2.07. The van der Waals surface area contributed by atoms with Crippen LogP contribution in [0.15, 0.2) is 23.3 Å². The molecule has 0 unspecified atom stereocenters. The van der Waals surface area contributed by atoms with Crippen molar-refractivity contribution >= 4 is 11.8 Å². The number of Topliss-reactive ketones (excluding diaryl/α,β-unsaturated/α-hetero) is 1. The molecule has 1 rings (SSSR count). The first-order chi connectivity index (χ1) is 8.10. The van der Waals surface area contributed by atoms with E-state index in [0.29, 0.717) is 0 Å².